The molecular weight excluding hydrogens is 330 g/mol. The van der Waals surface area contributed by atoms with Gasteiger partial charge in [-0.2, -0.15) is 0 Å². The van der Waals surface area contributed by atoms with Crippen molar-refractivity contribution in [3.8, 4) is 11.6 Å². The first-order valence-corrected chi connectivity index (χ1v) is 8.01. The predicted octanol–water partition coefficient (Wildman–Crippen LogP) is 3.41. The molecule has 1 aromatic heterocycles. The standard InChI is InChI=1S/C18H18F2N2O3/c19-16(20)11-25-17-10-13(7-8-21-17)18(24)22-9-1-2-15(22)12-3-5-14(23)6-4-12/h3-8,10,15-16,23H,1-2,9,11H2/t15-/m1/s1. The van der Waals surface area contributed by atoms with E-state index in [1.807, 2.05) is 0 Å². The maximum atomic E-state index is 12.8. The number of carbonyl (C=O) groups is 1. The van der Waals surface area contributed by atoms with Crippen LogP contribution in [0.5, 0.6) is 11.6 Å². The zero-order valence-corrected chi connectivity index (χ0v) is 13.4. The molecule has 1 N–H and O–H groups in total. The highest BCUT2D eigenvalue weighted by Gasteiger charge is 2.30. The molecule has 0 aliphatic carbocycles. The third-order valence-corrected chi connectivity index (χ3v) is 4.13. The van der Waals surface area contributed by atoms with Gasteiger partial charge >= 0.3 is 0 Å². The Morgan fingerprint density at radius 3 is 2.80 bits per heavy atom. The van der Waals surface area contributed by atoms with Gasteiger partial charge in [-0.3, -0.25) is 4.79 Å². The number of amides is 1. The van der Waals surface area contributed by atoms with Gasteiger partial charge in [0, 0.05) is 24.4 Å². The molecule has 2 heterocycles. The van der Waals surface area contributed by atoms with E-state index in [2.05, 4.69) is 4.98 Å². The van der Waals surface area contributed by atoms with E-state index in [9.17, 15) is 18.7 Å². The maximum Gasteiger partial charge on any atom is 0.272 e. The minimum atomic E-state index is -2.60. The molecule has 0 unspecified atom stereocenters. The van der Waals surface area contributed by atoms with Crippen LogP contribution < -0.4 is 4.74 Å². The van der Waals surface area contributed by atoms with Gasteiger partial charge in [-0.15, -0.1) is 0 Å². The van der Waals surface area contributed by atoms with E-state index >= 15 is 0 Å². The lowest BCUT2D eigenvalue weighted by Crippen LogP contribution is -2.30. The number of phenols is 1. The molecule has 1 amide bonds. The Morgan fingerprint density at radius 2 is 2.08 bits per heavy atom. The summed E-state index contributed by atoms with van der Waals surface area (Å²) in [6.45, 7) is -0.148. The van der Waals surface area contributed by atoms with Crippen molar-refractivity contribution in [2.24, 2.45) is 0 Å². The molecule has 25 heavy (non-hydrogen) atoms. The van der Waals surface area contributed by atoms with Crippen LogP contribution in [0.3, 0.4) is 0 Å². The van der Waals surface area contributed by atoms with Gasteiger partial charge in [0.25, 0.3) is 12.3 Å². The van der Waals surface area contributed by atoms with Crippen molar-refractivity contribution >= 4 is 5.91 Å². The molecule has 7 heteroatoms. The lowest BCUT2D eigenvalue weighted by molar-refractivity contribution is 0.0731. The summed E-state index contributed by atoms with van der Waals surface area (Å²) >= 11 is 0. The fourth-order valence-corrected chi connectivity index (χ4v) is 2.99. The predicted molar refractivity (Wildman–Crippen MR) is 86.9 cm³/mol. The SMILES string of the molecule is O=C(c1ccnc(OCC(F)F)c1)N1CCC[C@@H]1c1ccc(O)cc1. The molecule has 0 saturated carbocycles. The van der Waals surface area contributed by atoms with Crippen molar-refractivity contribution < 1.29 is 23.4 Å². The second-order valence-electron chi connectivity index (χ2n) is 5.83. The topological polar surface area (TPSA) is 62.7 Å². The van der Waals surface area contributed by atoms with E-state index in [1.165, 1.54) is 12.3 Å². The Balaban J connectivity index is 1.77. The highest BCUT2D eigenvalue weighted by atomic mass is 19.3. The summed E-state index contributed by atoms with van der Waals surface area (Å²) in [6, 6.07) is 9.65. The van der Waals surface area contributed by atoms with Crippen LogP contribution in [-0.2, 0) is 0 Å². The van der Waals surface area contributed by atoms with E-state index in [0.717, 1.165) is 18.4 Å². The molecule has 1 aliphatic heterocycles. The Labute approximate surface area is 143 Å². The fourth-order valence-electron chi connectivity index (χ4n) is 2.99. The summed E-state index contributed by atoms with van der Waals surface area (Å²) in [7, 11) is 0. The van der Waals surface area contributed by atoms with E-state index in [1.54, 1.807) is 35.2 Å². The molecule has 0 bridgehead atoms. The molecule has 1 fully saturated rings. The number of nitrogens with zero attached hydrogens (tertiary/aromatic N) is 2. The summed E-state index contributed by atoms with van der Waals surface area (Å²) in [5, 5.41) is 9.42. The number of aromatic hydroxyl groups is 1. The number of hydrogen-bond donors (Lipinski definition) is 1. The summed E-state index contributed by atoms with van der Waals surface area (Å²) in [5.74, 6) is -0.0130. The number of likely N-dealkylation sites (tertiary alicyclic amines) is 1. The second kappa shape index (κ2) is 7.46. The first kappa shape index (κ1) is 17.1. The number of hydrogen-bond acceptors (Lipinski definition) is 4. The van der Waals surface area contributed by atoms with Crippen molar-refractivity contribution in [2.45, 2.75) is 25.3 Å². The number of phenolic OH excluding ortho intramolecular Hbond substituents is 1. The van der Waals surface area contributed by atoms with Crippen LogP contribution in [0.2, 0.25) is 0 Å². The number of ether oxygens (including phenoxy) is 1. The lowest BCUT2D eigenvalue weighted by Gasteiger charge is -2.25. The van der Waals surface area contributed by atoms with E-state index in [-0.39, 0.29) is 23.6 Å². The van der Waals surface area contributed by atoms with Crippen molar-refractivity contribution in [2.75, 3.05) is 13.2 Å². The molecule has 1 atom stereocenters. The Kier molecular flexibility index (Phi) is 5.11. The lowest BCUT2D eigenvalue weighted by atomic mass is 10.0. The maximum absolute atomic E-state index is 12.8. The average Bonchev–Trinajstić information content (AvgIpc) is 3.10. The van der Waals surface area contributed by atoms with Gasteiger partial charge in [0.2, 0.25) is 5.88 Å². The second-order valence-corrected chi connectivity index (χ2v) is 5.83. The number of aromatic nitrogens is 1. The van der Waals surface area contributed by atoms with Crippen LogP contribution in [0.25, 0.3) is 0 Å². The van der Waals surface area contributed by atoms with E-state index in [4.69, 9.17) is 4.74 Å². The minimum Gasteiger partial charge on any atom is -0.508 e. The Bertz CT molecular complexity index is 737. The van der Waals surface area contributed by atoms with Crippen molar-refractivity contribution in [1.29, 1.82) is 0 Å². The van der Waals surface area contributed by atoms with Gasteiger partial charge in [0.05, 0.1) is 6.04 Å². The third-order valence-electron chi connectivity index (χ3n) is 4.13. The molecule has 5 nitrogen and oxygen atoms in total. The zero-order valence-electron chi connectivity index (χ0n) is 13.4. The number of pyridine rings is 1. The smallest absolute Gasteiger partial charge is 0.272 e. The van der Waals surface area contributed by atoms with Crippen LogP contribution >= 0.6 is 0 Å². The Hall–Kier alpha value is -2.70. The minimum absolute atomic E-state index is 0.00605. The molecule has 1 aromatic carbocycles. The first-order chi connectivity index (χ1) is 12.0. The quantitative estimate of drug-likeness (QED) is 0.899. The zero-order chi connectivity index (χ0) is 17.8. The van der Waals surface area contributed by atoms with Crippen molar-refractivity contribution in [3.05, 3.63) is 53.7 Å². The number of rotatable bonds is 5. The first-order valence-electron chi connectivity index (χ1n) is 8.01. The largest absolute Gasteiger partial charge is 0.508 e. The van der Waals surface area contributed by atoms with Crippen LogP contribution in [0, 0.1) is 0 Å². The molecule has 132 valence electrons. The van der Waals surface area contributed by atoms with E-state index < -0.39 is 13.0 Å². The summed E-state index contributed by atoms with van der Waals surface area (Å²) in [4.78, 5) is 18.4. The highest BCUT2D eigenvalue weighted by Crippen LogP contribution is 2.34. The van der Waals surface area contributed by atoms with E-state index in [0.29, 0.717) is 12.1 Å². The van der Waals surface area contributed by atoms with Crippen LogP contribution in [-0.4, -0.2) is 40.5 Å². The van der Waals surface area contributed by atoms with Crippen LogP contribution in [0.15, 0.2) is 42.6 Å². The monoisotopic (exact) mass is 348 g/mol. The van der Waals surface area contributed by atoms with Crippen molar-refractivity contribution in [3.63, 3.8) is 0 Å². The average molecular weight is 348 g/mol. The van der Waals surface area contributed by atoms with Gasteiger partial charge in [0.15, 0.2) is 6.61 Å². The van der Waals surface area contributed by atoms with Gasteiger partial charge in [-0.05, 0) is 36.6 Å². The van der Waals surface area contributed by atoms with Gasteiger partial charge < -0.3 is 14.7 Å². The van der Waals surface area contributed by atoms with Crippen LogP contribution in [0.4, 0.5) is 8.78 Å². The highest BCUT2D eigenvalue weighted by molar-refractivity contribution is 5.94. The number of halogens is 2. The molecule has 1 aliphatic rings. The number of alkyl halides is 2. The number of benzene rings is 1. The van der Waals surface area contributed by atoms with Gasteiger partial charge in [-0.25, -0.2) is 13.8 Å². The summed E-state index contributed by atoms with van der Waals surface area (Å²) < 4.78 is 29.4. The molecule has 3 rings (SSSR count). The molecule has 1 saturated heterocycles. The normalized spacial score (nSPS) is 17.1. The number of carbonyl (C=O) groups excluding carboxylic acids is 1. The molecule has 0 radical (unpaired) electrons. The van der Waals surface area contributed by atoms with Crippen LogP contribution in [0.1, 0.15) is 34.8 Å². The molecule has 0 spiro atoms. The molecular formula is C18H18F2N2O3. The Morgan fingerprint density at radius 1 is 1.32 bits per heavy atom. The summed E-state index contributed by atoms with van der Waals surface area (Å²) in [6.07, 6.45) is 0.478. The molecule has 2 aromatic rings. The van der Waals surface area contributed by atoms with Gasteiger partial charge in [0.1, 0.15) is 5.75 Å². The summed E-state index contributed by atoms with van der Waals surface area (Å²) in [5.41, 5.74) is 1.30. The fraction of sp³-hybridized carbons (Fsp3) is 0.333. The third kappa shape index (κ3) is 4.04. The van der Waals surface area contributed by atoms with Crippen molar-refractivity contribution in [1.82, 2.24) is 9.88 Å². The van der Waals surface area contributed by atoms with Gasteiger partial charge in [-0.1, -0.05) is 12.1 Å².